The van der Waals surface area contributed by atoms with Crippen LogP contribution in [0.2, 0.25) is 0 Å². The zero-order valence-corrected chi connectivity index (χ0v) is 18.4. The van der Waals surface area contributed by atoms with Crippen LogP contribution in [0, 0.1) is 5.92 Å². The standard InChI is InChI=1S/C22H26N2O6S/c1-16-11-13-24(14-12-16)21(25)15-30-22(26)19-5-3-4-6-20(19)23-31(27,28)18-9-7-17(29-2)8-10-18/h3-10,16,23H,11-15H2,1-2H3. The minimum absolute atomic E-state index is 0.0194. The summed E-state index contributed by atoms with van der Waals surface area (Å²) in [6, 6.07) is 12.0. The first kappa shape index (κ1) is 22.6. The van der Waals surface area contributed by atoms with Gasteiger partial charge >= 0.3 is 5.97 Å². The van der Waals surface area contributed by atoms with E-state index in [0.29, 0.717) is 24.8 Å². The molecular weight excluding hydrogens is 420 g/mol. The third-order valence-electron chi connectivity index (χ3n) is 5.22. The van der Waals surface area contributed by atoms with Crippen molar-refractivity contribution >= 4 is 27.6 Å². The molecule has 0 unspecified atom stereocenters. The van der Waals surface area contributed by atoms with Gasteiger partial charge in [-0.1, -0.05) is 19.1 Å². The Bertz CT molecular complexity index is 1030. The predicted octanol–water partition coefficient (Wildman–Crippen LogP) is 2.91. The summed E-state index contributed by atoms with van der Waals surface area (Å²) in [6.07, 6.45) is 1.85. The van der Waals surface area contributed by atoms with Crippen molar-refractivity contribution in [2.24, 2.45) is 5.92 Å². The van der Waals surface area contributed by atoms with Crippen molar-refractivity contribution in [1.82, 2.24) is 4.90 Å². The van der Waals surface area contributed by atoms with Crippen LogP contribution in [0.25, 0.3) is 0 Å². The van der Waals surface area contributed by atoms with E-state index in [4.69, 9.17) is 9.47 Å². The number of nitrogens with zero attached hydrogens (tertiary/aromatic N) is 1. The predicted molar refractivity (Wildman–Crippen MR) is 116 cm³/mol. The van der Waals surface area contributed by atoms with Gasteiger partial charge in [0, 0.05) is 13.1 Å². The first-order valence-corrected chi connectivity index (χ1v) is 11.5. The first-order chi connectivity index (χ1) is 14.8. The number of amides is 1. The minimum atomic E-state index is -3.94. The number of para-hydroxylation sites is 1. The van der Waals surface area contributed by atoms with Gasteiger partial charge < -0.3 is 14.4 Å². The number of esters is 1. The lowest BCUT2D eigenvalue weighted by Gasteiger charge is -2.30. The van der Waals surface area contributed by atoms with Gasteiger partial charge in [-0.15, -0.1) is 0 Å². The molecule has 0 bridgehead atoms. The molecule has 2 aromatic rings. The van der Waals surface area contributed by atoms with Crippen molar-refractivity contribution in [3.8, 4) is 5.75 Å². The lowest BCUT2D eigenvalue weighted by Crippen LogP contribution is -2.40. The van der Waals surface area contributed by atoms with Gasteiger partial charge in [-0.05, 0) is 55.2 Å². The van der Waals surface area contributed by atoms with Gasteiger partial charge in [0.05, 0.1) is 23.3 Å². The molecule has 9 heteroatoms. The molecule has 1 amide bonds. The number of nitrogens with one attached hydrogen (secondary N) is 1. The number of ether oxygens (including phenoxy) is 2. The Morgan fingerprint density at radius 3 is 2.35 bits per heavy atom. The average Bonchev–Trinajstić information content (AvgIpc) is 2.78. The van der Waals surface area contributed by atoms with E-state index in [-0.39, 0.29) is 28.7 Å². The number of likely N-dealkylation sites (tertiary alicyclic amines) is 1. The van der Waals surface area contributed by atoms with Crippen LogP contribution in [0.1, 0.15) is 30.1 Å². The van der Waals surface area contributed by atoms with Gasteiger partial charge in [0.15, 0.2) is 6.61 Å². The van der Waals surface area contributed by atoms with Crippen LogP contribution >= 0.6 is 0 Å². The number of rotatable bonds is 7. The second kappa shape index (κ2) is 9.82. The molecule has 1 fully saturated rings. The molecule has 1 N–H and O–H groups in total. The van der Waals surface area contributed by atoms with Crippen LogP contribution in [0.3, 0.4) is 0 Å². The largest absolute Gasteiger partial charge is 0.497 e. The maximum absolute atomic E-state index is 12.7. The number of hydrogen-bond donors (Lipinski definition) is 1. The van der Waals surface area contributed by atoms with Crippen LogP contribution in [-0.2, 0) is 19.6 Å². The monoisotopic (exact) mass is 446 g/mol. The quantitative estimate of drug-likeness (QED) is 0.656. The SMILES string of the molecule is COc1ccc(S(=O)(=O)Nc2ccccc2C(=O)OCC(=O)N2CCC(C)CC2)cc1. The first-order valence-electron chi connectivity index (χ1n) is 10.0. The third-order valence-corrected chi connectivity index (χ3v) is 6.61. The zero-order valence-electron chi connectivity index (χ0n) is 17.5. The average molecular weight is 447 g/mol. The normalized spacial score (nSPS) is 14.7. The molecule has 1 heterocycles. The van der Waals surface area contributed by atoms with Crippen molar-refractivity contribution in [3.63, 3.8) is 0 Å². The highest BCUT2D eigenvalue weighted by atomic mass is 32.2. The van der Waals surface area contributed by atoms with E-state index >= 15 is 0 Å². The van der Waals surface area contributed by atoms with Crippen molar-refractivity contribution < 1.29 is 27.5 Å². The second-order valence-corrected chi connectivity index (χ2v) is 9.15. The Labute approximate surface area is 182 Å². The molecule has 0 saturated carbocycles. The van der Waals surface area contributed by atoms with Gasteiger partial charge in [-0.3, -0.25) is 9.52 Å². The molecule has 0 atom stereocenters. The Morgan fingerprint density at radius 1 is 1.06 bits per heavy atom. The molecule has 31 heavy (non-hydrogen) atoms. The summed E-state index contributed by atoms with van der Waals surface area (Å²) in [7, 11) is -2.45. The summed E-state index contributed by atoms with van der Waals surface area (Å²) < 4.78 is 38.1. The minimum Gasteiger partial charge on any atom is -0.497 e. The molecule has 0 aromatic heterocycles. The molecular formula is C22H26N2O6S. The molecule has 1 aliphatic rings. The molecule has 1 saturated heterocycles. The lowest BCUT2D eigenvalue weighted by molar-refractivity contribution is -0.135. The Kier molecular flexibility index (Phi) is 7.17. The summed E-state index contributed by atoms with van der Waals surface area (Å²) in [6.45, 7) is 3.06. The Morgan fingerprint density at radius 2 is 1.71 bits per heavy atom. The fraction of sp³-hybridized carbons (Fsp3) is 0.364. The molecule has 0 aliphatic carbocycles. The fourth-order valence-corrected chi connectivity index (χ4v) is 4.34. The van der Waals surface area contributed by atoms with E-state index in [0.717, 1.165) is 12.8 Å². The molecule has 3 rings (SSSR count). The van der Waals surface area contributed by atoms with Gasteiger partial charge in [0.25, 0.3) is 15.9 Å². The van der Waals surface area contributed by atoms with Crippen LogP contribution < -0.4 is 9.46 Å². The van der Waals surface area contributed by atoms with Crippen LogP contribution in [0.5, 0.6) is 5.75 Å². The highest BCUT2D eigenvalue weighted by Crippen LogP contribution is 2.23. The Hall–Kier alpha value is -3.07. The van der Waals surface area contributed by atoms with Gasteiger partial charge in [0.2, 0.25) is 0 Å². The maximum Gasteiger partial charge on any atom is 0.340 e. The smallest absolute Gasteiger partial charge is 0.340 e. The van der Waals surface area contributed by atoms with E-state index in [1.54, 1.807) is 17.0 Å². The van der Waals surface area contributed by atoms with E-state index < -0.39 is 16.0 Å². The van der Waals surface area contributed by atoms with Crippen LogP contribution in [0.15, 0.2) is 53.4 Å². The van der Waals surface area contributed by atoms with Crippen LogP contribution in [-0.4, -0.2) is 52.0 Å². The van der Waals surface area contributed by atoms with Crippen molar-refractivity contribution in [3.05, 3.63) is 54.1 Å². The topological polar surface area (TPSA) is 102 Å². The third kappa shape index (κ3) is 5.75. The van der Waals surface area contributed by atoms with Crippen molar-refractivity contribution in [2.75, 3.05) is 31.5 Å². The van der Waals surface area contributed by atoms with Crippen molar-refractivity contribution in [1.29, 1.82) is 0 Å². The maximum atomic E-state index is 12.7. The summed E-state index contributed by atoms with van der Waals surface area (Å²) in [4.78, 5) is 26.6. The summed E-state index contributed by atoms with van der Waals surface area (Å²) in [5.74, 6) is 0.0799. The number of anilines is 1. The van der Waals surface area contributed by atoms with Gasteiger partial charge in [-0.2, -0.15) is 0 Å². The number of carbonyl (C=O) groups is 2. The van der Waals surface area contributed by atoms with E-state index in [2.05, 4.69) is 11.6 Å². The zero-order chi connectivity index (χ0) is 22.4. The van der Waals surface area contributed by atoms with E-state index in [9.17, 15) is 18.0 Å². The lowest BCUT2D eigenvalue weighted by atomic mass is 9.99. The number of hydrogen-bond acceptors (Lipinski definition) is 6. The van der Waals surface area contributed by atoms with Crippen molar-refractivity contribution in [2.45, 2.75) is 24.7 Å². The molecule has 0 spiro atoms. The number of carbonyl (C=O) groups excluding carboxylic acids is 2. The summed E-state index contributed by atoms with van der Waals surface area (Å²) in [5.41, 5.74) is 0.0993. The number of methoxy groups -OCH3 is 1. The molecule has 8 nitrogen and oxygen atoms in total. The number of sulfonamides is 1. The highest BCUT2D eigenvalue weighted by molar-refractivity contribution is 7.92. The summed E-state index contributed by atoms with van der Waals surface area (Å²) >= 11 is 0. The number of piperidine rings is 1. The highest BCUT2D eigenvalue weighted by Gasteiger charge is 2.23. The Balaban J connectivity index is 1.67. The van der Waals surface area contributed by atoms with Crippen LogP contribution in [0.4, 0.5) is 5.69 Å². The van der Waals surface area contributed by atoms with E-state index in [1.165, 1.54) is 43.5 Å². The molecule has 166 valence electrons. The van der Waals surface area contributed by atoms with Gasteiger partial charge in [-0.25, -0.2) is 13.2 Å². The van der Waals surface area contributed by atoms with Gasteiger partial charge in [0.1, 0.15) is 5.75 Å². The molecule has 2 aromatic carbocycles. The number of benzene rings is 2. The molecule has 0 radical (unpaired) electrons. The second-order valence-electron chi connectivity index (χ2n) is 7.47. The fourth-order valence-electron chi connectivity index (χ4n) is 3.26. The summed E-state index contributed by atoms with van der Waals surface area (Å²) in [5, 5.41) is 0. The molecule has 1 aliphatic heterocycles. The van der Waals surface area contributed by atoms with E-state index in [1.807, 2.05) is 0 Å².